The van der Waals surface area contributed by atoms with Gasteiger partial charge in [0.15, 0.2) is 0 Å². The highest BCUT2D eigenvalue weighted by atomic mass is 13.0. The Hall–Kier alpha value is -0.960. The Kier molecular flexibility index (Phi) is 578. The van der Waals surface area contributed by atoms with Crippen molar-refractivity contribution in [3.63, 3.8) is 0 Å². The molecule has 0 saturated heterocycles. The van der Waals surface area contributed by atoms with Crippen LogP contribution < -0.4 is 0 Å². The van der Waals surface area contributed by atoms with Crippen molar-refractivity contribution < 1.29 is 0 Å². The smallest absolute Gasteiger partial charge is 0.0683 e. The maximum absolute atomic E-state index is 4.00. The van der Waals surface area contributed by atoms with Crippen molar-refractivity contribution in [2.75, 3.05) is 0 Å². The molecule has 0 aromatic carbocycles. The van der Waals surface area contributed by atoms with E-state index in [-0.39, 0.29) is 0 Å². The molecule has 0 heterocycles. The Morgan fingerprint density at radius 1 is 0.750 bits per heavy atom. The molecule has 0 bridgehead atoms. The molecule has 0 aliphatic rings. The van der Waals surface area contributed by atoms with Crippen LogP contribution >= 0.6 is 0 Å². The molecule has 0 saturated carbocycles. The molecule has 0 unspecified atom stereocenters. The van der Waals surface area contributed by atoms with Crippen molar-refractivity contribution >= 4 is 0 Å². The topological polar surface area (TPSA) is 0 Å². The molecule has 0 radical (unpaired) electrons. The molecular weight excluding hydrogens is 96.1 g/mol. The Balaban J connectivity index is -0.0000000133. The van der Waals surface area contributed by atoms with Crippen LogP contribution in [0.1, 0.15) is 13.8 Å². The minimum atomic E-state index is 2.00. The monoisotopic (exact) mass is 112 g/mol. The van der Waals surface area contributed by atoms with Crippen molar-refractivity contribution in [2.45, 2.75) is 13.8 Å². The fourth-order valence-corrected chi connectivity index (χ4v) is 0. The second-order valence-corrected chi connectivity index (χ2v) is 0. The van der Waals surface area contributed by atoms with Crippen LogP contribution in [0.2, 0.25) is 0 Å². The lowest BCUT2D eigenvalue weighted by Gasteiger charge is -1.07. The van der Waals surface area contributed by atoms with Gasteiger partial charge in [0, 0.05) is 0 Å². The van der Waals surface area contributed by atoms with Crippen LogP contribution in [0.5, 0.6) is 0 Å². The molecular formula is C8H16. The fraction of sp³-hybridized carbons (Fsp3) is 0.250. The number of hydrogen-bond donors (Lipinski definition) is 0. The van der Waals surface area contributed by atoms with Crippen LogP contribution in [0, 0.1) is 12.8 Å². The van der Waals surface area contributed by atoms with Gasteiger partial charge in [-0.25, -0.2) is 0 Å². The van der Waals surface area contributed by atoms with Gasteiger partial charge in [0.1, 0.15) is 0 Å². The maximum Gasteiger partial charge on any atom is -0.0683 e. The fourth-order valence-electron chi connectivity index (χ4n) is 0. The zero-order chi connectivity index (χ0) is 8.00. The Labute approximate surface area is 53.9 Å². The SMILES string of the molecule is C#C.C=C.C=C.CC. The number of terminal acetylenes is 1. The van der Waals surface area contributed by atoms with Gasteiger partial charge in [-0.2, -0.15) is 0 Å². The molecule has 8 heavy (non-hydrogen) atoms. The van der Waals surface area contributed by atoms with Crippen LogP contribution in [0.15, 0.2) is 26.3 Å². The summed E-state index contributed by atoms with van der Waals surface area (Å²) in [6.45, 7) is 16.0. The second-order valence-electron chi connectivity index (χ2n) is 0. The number of rotatable bonds is 0. The van der Waals surface area contributed by atoms with E-state index in [1.165, 1.54) is 0 Å². The van der Waals surface area contributed by atoms with Crippen LogP contribution in [-0.4, -0.2) is 0 Å². The van der Waals surface area contributed by atoms with Gasteiger partial charge >= 0.3 is 0 Å². The predicted octanol–water partition coefficient (Wildman–Crippen LogP) is 2.88. The van der Waals surface area contributed by atoms with Crippen LogP contribution in [-0.2, 0) is 0 Å². The third-order valence-electron chi connectivity index (χ3n) is 0. The van der Waals surface area contributed by atoms with Gasteiger partial charge < -0.3 is 0 Å². The third kappa shape index (κ3) is 89.3. The second kappa shape index (κ2) is 166. The molecule has 0 aromatic heterocycles. The lowest BCUT2D eigenvalue weighted by molar-refractivity contribution is 1.50. The van der Waals surface area contributed by atoms with E-state index in [2.05, 4.69) is 39.2 Å². The lowest BCUT2D eigenvalue weighted by atomic mass is 11.0. The van der Waals surface area contributed by atoms with Gasteiger partial charge in [-0.05, 0) is 0 Å². The van der Waals surface area contributed by atoms with Crippen LogP contribution in [0.25, 0.3) is 0 Å². The molecule has 0 aliphatic carbocycles. The van der Waals surface area contributed by atoms with Gasteiger partial charge in [0.2, 0.25) is 0 Å². The van der Waals surface area contributed by atoms with E-state index in [9.17, 15) is 0 Å². The van der Waals surface area contributed by atoms with Crippen LogP contribution in [0.4, 0.5) is 0 Å². The summed E-state index contributed by atoms with van der Waals surface area (Å²) in [4.78, 5) is 0. The molecule has 0 aromatic rings. The summed E-state index contributed by atoms with van der Waals surface area (Å²) in [5, 5.41) is 0. The zero-order valence-corrected chi connectivity index (χ0v) is 5.98. The van der Waals surface area contributed by atoms with Gasteiger partial charge in [0.05, 0.1) is 0 Å². The molecule has 0 N–H and O–H groups in total. The Morgan fingerprint density at radius 3 is 0.750 bits per heavy atom. The quantitative estimate of drug-likeness (QED) is 0.334. The maximum atomic E-state index is 4.00. The summed E-state index contributed by atoms with van der Waals surface area (Å²) in [5.74, 6) is 0. The first kappa shape index (κ1) is 27.8. The third-order valence-corrected chi connectivity index (χ3v) is 0. The minimum absolute atomic E-state index is 2.00. The standard InChI is InChI=1S/C2H6.2C2H4.C2H2/c4*1-2/h1-2H3;2*1-2H2;1-2H. The van der Waals surface area contributed by atoms with E-state index < -0.39 is 0 Å². The minimum Gasteiger partial charge on any atom is -0.124 e. The molecule has 0 rings (SSSR count). The van der Waals surface area contributed by atoms with Crippen molar-refractivity contribution in [2.24, 2.45) is 0 Å². The van der Waals surface area contributed by atoms with Gasteiger partial charge in [-0.15, -0.1) is 39.2 Å². The Morgan fingerprint density at radius 2 is 0.750 bits per heavy atom. The van der Waals surface area contributed by atoms with E-state index in [0.717, 1.165) is 0 Å². The normalized spacial score (nSPS) is 2.00. The summed E-state index contributed by atoms with van der Waals surface area (Å²) in [6.07, 6.45) is 8.00. The van der Waals surface area contributed by atoms with Crippen molar-refractivity contribution in [1.29, 1.82) is 0 Å². The average Bonchev–Trinajstić information content (AvgIpc) is 2.03. The molecule has 48 valence electrons. The Bertz CT molecular complexity index is 16.5. The van der Waals surface area contributed by atoms with Gasteiger partial charge in [-0.1, -0.05) is 13.8 Å². The first-order valence-corrected chi connectivity index (χ1v) is 2.33. The summed E-state index contributed by atoms with van der Waals surface area (Å²) in [5.41, 5.74) is 0. The summed E-state index contributed by atoms with van der Waals surface area (Å²) in [7, 11) is 0. The van der Waals surface area contributed by atoms with Gasteiger partial charge in [-0.3, -0.25) is 0 Å². The first-order valence-electron chi connectivity index (χ1n) is 2.33. The molecule has 0 amide bonds. The number of hydrogen-bond acceptors (Lipinski definition) is 0. The predicted molar refractivity (Wildman–Crippen MR) is 43.7 cm³/mol. The van der Waals surface area contributed by atoms with Crippen LogP contribution in [0.3, 0.4) is 0 Å². The molecule has 0 spiro atoms. The van der Waals surface area contributed by atoms with Crippen molar-refractivity contribution in [1.82, 2.24) is 0 Å². The zero-order valence-electron chi connectivity index (χ0n) is 5.98. The molecule has 0 fully saturated rings. The largest absolute Gasteiger partial charge is 0.124 e. The summed E-state index contributed by atoms with van der Waals surface area (Å²) >= 11 is 0. The van der Waals surface area contributed by atoms with Crippen molar-refractivity contribution in [3.05, 3.63) is 26.3 Å². The average molecular weight is 112 g/mol. The summed E-state index contributed by atoms with van der Waals surface area (Å²) in [6, 6.07) is 0. The molecule has 0 heteroatoms. The highest BCUT2D eigenvalue weighted by Crippen LogP contribution is 1.14. The molecule has 0 nitrogen and oxygen atoms in total. The van der Waals surface area contributed by atoms with E-state index in [0.29, 0.717) is 0 Å². The summed E-state index contributed by atoms with van der Waals surface area (Å²) < 4.78 is 0. The molecule has 0 atom stereocenters. The van der Waals surface area contributed by atoms with E-state index in [1.807, 2.05) is 13.8 Å². The van der Waals surface area contributed by atoms with E-state index >= 15 is 0 Å². The highest BCUT2D eigenvalue weighted by molar-refractivity contribution is 4.47. The molecule has 0 aliphatic heterocycles. The van der Waals surface area contributed by atoms with E-state index in [4.69, 9.17) is 0 Å². The van der Waals surface area contributed by atoms with E-state index in [1.54, 1.807) is 0 Å². The lowest BCUT2D eigenvalue weighted by Crippen LogP contribution is -0.856. The first-order chi connectivity index (χ1) is 4.00. The highest BCUT2D eigenvalue weighted by Gasteiger charge is 0.932. The van der Waals surface area contributed by atoms with Gasteiger partial charge in [0.25, 0.3) is 0 Å². The van der Waals surface area contributed by atoms with Crippen molar-refractivity contribution in [3.8, 4) is 12.8 Å².